The topological polar surface area (TPSA) is 6.25 Å². The van der Waals surface area contributed by atoms with E-state index in [9.17, 15) is 0 Å². The molecule has 11 heavy (non-hydrogen) atoms. The Balaban J connectivity index is 0.000000605. The summed E-state index contributed by atoms with van der Waals surface area (Å²) in [5.41, 5.74) is 0. The minimum atomic E-state index is 0. The highest BCUT2D eigenvalue weighted by molar-refractivity contribution is 5.79. The number of halogens is 1. The van der Waals surface area contributed by atoms with Crippen molar-refractivity contribution in [3.63, 3.8) is 0 Å². The second kappa shape index (κ2) is 3.57. The van der Waals surface area contributed by atoms with Gasteiger partial charge < -0.3 is 17.0 Å². The summed E-state index contributed by atoms with van der Waals surface area (Å²) in [6.45, 7) is 3.88. The molecule has 1 fully saturated rings. The van der Waals surface area contributed by atoms with Gasteiger partial charge in [0.1, 0.15) is 0 Å². The molecule has 3 heteroatoms. The van der Waals surface area contributed by atoms with Crippen molar-refractivity contribution in [2.75, 3.05) is 26.7 Å². The predicted octanol–water partition coefficient (Wildman–Crippen LogP) is -2.47. The van der Waals surface area contributed by atoms with Crippen LogP contribution in [0.15, 0.2) is 0 Å². The predicted molar refractivity (Wildman–Crippen MR) is 41.5 cm³/mol. The van der Waals surface area contributed by atoms with Crippen molar-refractivity contribution >= 4 is 5.84 Å². The van der Waals surface area contributed by atoms with Crippen LogP contribution < -0.4 is 17.0 Å². The molecule has 0 aliphatic carbocycles. The number of amidine groups is 1. The maximum atomic E-state index is 2.53. The molecule has 2 aliphatic heterocycles. The van der Waals surface area contributed by atoms with E-state index in [1.54, 1.807) is 5.84 Å². The monoisotopic (exact) mass is 218 g/mol. The Morgan fingerprint density at radius 1 is 1.27 bits per heavy atom. The van der Waals surface area contributed by atoms with Crippen LogP contribution in [0.1, 0.15) is 19.3 Å². The molecule has 1 saturated heterocycles. The van der Waals surface area contributed by atoms with E-state index in [0.29, 0.717) is 0 Å². The van der Waals surface area contributed by atoms with Crippen molar-refractivity contribution in [3.8, 4) is 0 Å². The molecule has 0 atom stereocenters. The summed E-state index contributed by atoms with van der Waals surface area (Å²) in [6.07, 6.45) is 4.04. The average Bonchev–Trinajstić information content (AvgIpc) is 2.36. The van der Waals surface area contributed by atoms with Gasteiger partial charge in [-0.25, -0.2) is 0 Å². The van der Waals surface area contributed by atoms with Gasteiger partial charge in [0.25, 0.3) is 0 Å². The first kappa shape index (κ1) is 9.04. The molecular formula is C8H15BrN2. The molecule has 2 nitrogen and oxygen atoms in total. The first-order valence-electron chi connectivity index (χ1n) is 4.20. The first-order valence-corrected chi connectivity index (χ1v) is 4.20. The van der Waals surface area contributed by atoms with Gasteiger partial charge >= 0.3 is 0 Å². The third-order valence-electron chi connectivity index (χ3n) is 2.56. The average molecular weight is 219 g/mol. The van der Waals surface area contributed by atoms with Crippen LogP contribution in [0.5, 0.6) is 0 Å². The highest BCUT2D eigenvalue weighted by Gasteiger charge is 2.29. The van der Waals surface area contributed by atoms with Crippen LogP contribution in [-0.4, -0.2) is 42.0 Å². The Morgan fingerprint density at radius 2 is 2.00 bits per heavy atom. The lowest BCUT2D eigenvalue weighted by Crippen LogP contribution is -3.00. The third-order valence-corrected chi connectivity index (χ3v) is 2.56. The molecular weight excluding hydrogens is 204 g/mol. The second-order valence-corrected chi connectivity index (χ2v) is 3.28. The number of fused-ring (bicyclic) bond motifs is 1. The van der Waals surface area contributed by atoms with Crippen LogP contribution in [0.3, 0.4) is 0 Å². The van der Waals surface area contributed by atoms with Crippen LogP contribution in [0.4, 0.5) is 0 Å². The molecule has 0 spiro atoms. The van der Waals surface area contributed by atoms with Gasteiger partial charge in [-0.1, -0.05) is 0 Å². The lowest BCUT2D eigenvalue weighted by atomic mass is 10.3. The zero-order valence-corrected chi connectivity index (χ0v) is 8.60. The van der Waals surface area contributed by atoms with Gasteiger partial charge in [0.15, 0.2) is 0 Å². The molecule has 0 amide bonds. The minimum absolute atomic E-state index is 0. The van der Waals surface area contributed by atoms with E-state index in [-0.39, 0.29) is 17.0 Å². The molecule has 2 rings (SSSR count). The second-order valence-electron chi connectivity index (χ2n) is 3.28. The van der Waals surface area contributed by atoms with Crippen LogP contribution >= 0.6 is 0 Å². The lowest BCUT2D eigenvalue weighted by molar-refractivity contribution is -0.508. The Bertz CT molecular complexity index is 177. The van der Waals surface area contributed by atoms with E-state index in [0.717, 1.165) is 0 Å². The fraction of sp³-hybridized carbons (Fsp3) is 0.875. The standard InChI is InChI=1S/C8H15N2.BrH/c1-9-5-3-7-10-6-2-4-8(9)10;/h2-7H2,1H3;1H/q+1;/p-1. The van der Waals surface area contributed by atoms with Gasteiger partial charge in [-0.3, -0.25) is 9.48 Å². The van der Waals surface area contributed by atoms with E-state index >= 15 is 0 Å². The molecule has 0 unspecified atom stereocenters. The summed E-state index contributed by atoms with van der Waals surface area (Å²) < 4.78 is 2.41. The molecule has 2 heterocycles. The minimum Gasteiger partial charge on any atom is -1.00 e. The Labute approximate surface area is 78.7 Å². The van der Waals surface area contributed by atoms with E-state index in [1.165, 1.54) is 38.9 Å². The summed E-state index contributed by atoms with van der Waals surface area (Å²) in [7, 11) is 2.22. The van der Waals surface area contributed by atoms with Gasteiger partial charge in [-0.2, -0.15) is 0 Å². The van der Waals surface area contributed by atoms with Crippen molar-refractivity contribution in [2.45, 2.75) is 19.3 Å². The smallest absolute Gasteiger partial charge is 0.246 e. The van der Waals surface area contributed by atoms with Gasteiger partial charge in [0.2, 0.25) is 5.84 Å². The Kier molecular flexibility index (Phi) is 2.93. The number of nitrogens with zero attached hydrogens (tertiary/aromatic N) is 2. The van der Waals surface area contributed by atoms with Crippen LogP contribution in [0.25, 0.3) is 0 Å². The van der Waals surface area contributed by atoms with Crippen LogP contribution in [-0.2, 0) is 0 Å². The molecule has 0 N–H and O–H groups in total. The fourth-order valence-electron chi connectivity index (χ4n) is 2.02. The number of rotatable bonds is 0. The van der Waals surface area contributed by atoms with E-state index < -0.39 is 0 Å². The summed E-state index contributed by atoms with van der Waals surface area (Å²) in [5, 5.41) is 0. The maximum absolute atomic E-state index is 2.53. The maximum Gasteiger partial charge on any atom is 0.246 e. The van der Waals surface area contributed by atoms with Crippen molar-refractivity contribution in [2.24, 2.45) is 0 Å². The molecule has 0 aromatic heterocycles. The summed E-state index contributed by atoms with van der Waals surface area (Å²) >= 11 is 0. The fourth-order valence-corrected chi connectivity index (χ4v) is 2.02. The van der Waals surface area contributed by atoms with Gasteiger partial charge in [0, 0.05) is 6.42 Å². The molecule has 2 aliphatic rings. The number of hydrogen-bond acceptors (Lipinski definition) is 1. The normalized spacial score (nSPS) is 23.2. The van der Waals surface area contributed by atoms with Gasteiger partial charge in [-0.05, 0) is 6.42 Å². The molecule has 0 bridgehead atoms. The number of hydrogen-bond donors (Lipinski definition) is 0. The van der Waals surface area contributed by atoms with Crippen molar-refractivity contribution in [3.05, 3.63) is 0 Å². The van der Waals surface area contributed by atoms with Crippen LogP contribution in [0, 0.1) is 0 Å². The Morgan fingerprint density at radius 3 is 2.73 bits per heavy atom. The first-order chi connectivity index (χ1) is 4.88. The largest absolute Gasteiger partial charge is 1.00 e. The molecule has 0 radical (unpaired) electrons. The SMILES string of the molecule is C[N+]1=C2CCCN2CCC1.[Br-]. The highest BCUT2D eigenvalue weighted by Crippen LogP contribution is 2.14. The van der Waals surface area contributed by atoms with Gasteiger partial charge in [0.05, 0.1) is 33.1 Å². The van der Waals surface area contributed by atoms with Crippen molar-refractivity contribution in [1.82, 2.24) is 4.90 Å². The van der Waals surface area contributed by atoms with E-state index in [2.05, 4.69) is 16.5 Å². The van der Waals surface area contributed by atoms with Crippen LogP contribution in [0.2, 0.25) is 0 Å². The van der Waals surface area contributed by atoms with E-state index in [4.69, 9.17) is 0 Å². The van der Waals surface area contributed by atoms with E-state index in [1.807, 2.05) is 0 Å². The highest BCUT2D eigenvalue weighted by atomic mass is 79.9. The quantitative estimate of drug-likeness (QED) is 0.409. The summed E-state index contributed by atoms with van der Waals surface area (Å²) in [6, 6.07) is 0. The van der Waals surface area contributed by atoms with Crippen molar-refractivity contribution in [1.29, 1.82) is 0 Å². The zero-order chi connectivity index (χ0) is 6.97. The Hall–Kier alpha value is -0.0500. The van der Waals surface area contributed by atoms with Gasteiger partial charge in [-0.15, -0.1) is 0 Å². The molecule has 0 saturated carbocycles. The lowest BCUT2D eigenvalue weighted by Gasteiger charge is -2.19. The third kappa shape index (κ3) is 1.58. The summed E-state index contributed by atoms with van der Waals surface area (Å²) in [5.74, 6) is 1.59. The van der Waals surface area contributed by atoms with Crippen molar-refractivity contribution < 1.29 is 21.6 Å². The molecule has 0 aromatic rings. The zero-order valence-electron chi connectivity index (χ0n) is 7.02. The summed E-state index contributed by atoms with van der Waals surface area (Å²) in [4.78, 5) is 2.53. The molecule has 64 valence electrons. The molecule has 0 aromatic carbocycles.